The number of hydrogen-bond acceptors (Lipinski definition) is 2. The topological polar surface area (TPSA) is 55.1 Å². The zero-order chi connectivity index (χ0) is 14.1. The molecule has 0 saturated heterocycles. The summed E-state index contributed by atoms with van der Waals surface area (Å²) in [5.41, 5.74) is 7.73. The first-order chi connectivity index (χ1) is 9.15. The number of nitrogens with one attached hydrogen (secondary N) is 1. The Morgan fingerprint density at radius 3 is 2.58 bits per heavy atom. The van der Waals surface area contributed by atoms with Crippen LogP contribution >= 0.6 is 0 Å². The molecule has 1 rings (SSSR count). The van der Waals surface area contributed by atoms with E-state index in [2.05, 4.69) is 12.2 Å². The summed E-state index contributed by atoms with van der Waals surface area (Å²) in [4.78, 5) is 11.9. The van der Waals surface area contributed by atoms with E-state index in [1.165, 1.54) is 19.3 Å². The van der Waals surface area contributed by atoms with Crippen molar-refractivity contribution in [2.75, 3.05) is 5.32 Å². The van der Waals surface area contributed by atoms with Crippen LogP contribution in [0.4, 0.5) is 5.69 Å². The molecule has 3 N–H and O–H groups in total. The summed E-state index contributed by atoms with van der Waals surface area (Å²) in [5, 5.41) is 2.96. The van der Waals surface area contributed by atoms with Gasteiger partial charge in [-0.1, -0.05) is 50.8 Å². The Labute approximate surface area is 116 Å². The SMILES string of the molecule is CCCCCCCC(=O)Nc1ccccc1C(C)N. The van der Waals surface area contributed by atoms with E-state index in [9.17, 15) is 4.79 Å². The van der Waals surface area contributed by atoms with Crippen LogP contribution in [-0.4, -0.2) is 5.91 Å². The second kappa shape index (κ2) is 8.70. The Kier molecular flexibility index (Phi) is 7.19. The van der Waals surface area contributed by atoms with E-state index in [-0.39, 0.29) is 11.9 Å². The van der Waals surface area contributed by atoms with Crippen LogP contribution in [0.15, 0.2) is 24.3 Å². The molecule has 0 aromatic heterocycles. The van der Waals surface area contributed by atoms with Gasteiger partial charge in [-0.3, -0.25) is 4.79 Å². The van der Waals surface area contributed by atoms with E-state index in [0.29, 0.717) is 6.42 Å². The van der Waals surface area contributed by atoms with Crippen molar-refractivity contribution in [1.29, 1.82) is 0 Å². The van der Waals surface area contributed by atoms with Crippen molar-refractivity contribution in [3.8, 4) is 0 Å². The van der Waals surface area contributed by atoms with Crippen LogP contribution in [0.25, 0.3) is 0 Å². The first-order valence-corrected chi connectivity index (χ1v) is 7.29. The standard InChI is InChI=1S/C16H26N2O/c1-3-4-5-6-7-12-16(19)18-15-11-9-8-10-14(15)13(2)17/h8-11,13H,3-7,12,17H2,1-2H3,(H,18,19). The maximum absolute atomic E-state index is 11.9. The molecule has 1 amide bonds. The molecule has 0 saturated carbocycles. The molecule has 0 spiro atoms. The molecule has 1 unspecified atom stereocenters. The monoisotopic (exact) mass is 262 g/mol. The molecular formula is C16H26N2O. The Bertz CT molecular complexity index is 388. The number of rotatable bonds is 8. The molecule has 0 bridgehead atoms. The van der Waals surface area contributed by atoms with Gasteiger partial charge in [-0.25, -0.2) is 0 Å². The molecule has 106 valence electrons. The lowest BCUT2D eigenvalue weighted by molar-refractivity contribution is -0.116. The maximum atomic E-state index is 11.9. The first-order valence-electron chi connectivity index (χ1n) is 7.29. The van der Waals surface area contributed by atoms with Crippen molar-refractivity contribution >= 4 is 11.6 Å². The van der Waals surface area contributed by atoms with Crippen molar-refractivity contribution in [3.05, 3.63) is 29.8 Å². The number of para-hydroxylation sites is 1. The van der Waals surface area contributed by atoms with Crippen LogP contribution in [0.2, 0.25) is 0 Å². The summed E-state index contributed by atoms with van der Waals surface area (Å²) >= 11 is 0. The van der Waals surface area contributed by atoms with Gasteiger partial charge in [-0.2, -0.15) is 0 Å². The zero-order valence-electron chi connectivity index (χ0n) is 12.1. The predicted octanol–water partition coefficient (Wildman–Crippen LogP) is 4.01. The quantitative estimate of drug-likeness (QED) is 0.696. The van der Waals surface area contributed by atoms with E-state index in [4.69, 9.17) is 5.73 Å². The second-order valence-electron chi connectivity index (χ2n) is 5.09. The summed E-state index contributed by atoms with van der Waals surface area (Å²) < 4.78 is 0. The van der Waals surface area contributed by atoms with E-state index >= 15 is 0 Å². The van der Waals surface area contributed by atoms with Crippen molar-refractivity contribution < 1.29 is 4.79 Å². The van der Waals surface area contributed by atoms with Crippen molar-refractivity contribution in [2.24, 2.45) is 5.73 Å². The molecule has 0 radical (unpaired) electrons. The third-order valence-corrected chi connectivity index (χ3v) is 3.23. The number of carbonyl (C=O) groups excluding carboxylic acids is 1. The number of amides is 1. The first kappa shape index (κ1) is 15.7. The van der Waals surface area contributed by atoms with Gasteiger partial charge in [0.2, 0.25) is 5.91 Å². The number of carbonyl (C=O) groups is 1. The Morgan fingerprint density at radius 1 is 1.21 bits per heavy atom. The number of unbranched alkanes of at least 4 members (excludes halogenated alkanes) is 4. The molecule has 3 heteroatoms. The van der Waals surface area contributed by atoms with Crippen LogP contribution in [0, 0.1) is 0 Å². The van der Waals surface area contributed by atoms with Gasteiger partial charge in [-0.05, 0) is 25.0 Å². The summed E-state index contributed by atoms with van der Waals surface area (Å²) in [6.07, 6.45) is 6.41. The molecule has 0 aliphatic rings. The van der Waals surface area contributed by atoms with Crippen LogP contribution in [0.5, 0.6) is 0 Å². The highest BCUT2D eigenvalue weighted by molar-refractivity contribution is 5.91. The second-order valence-corrected chi connectivity index (χ2v) is 5.09. The lowest BCUT2D eigenvalue weighted by Crippen LogP contribution is -2.15. The Balaban J connectivity index is 2.40. The van der Waals surface area contributed by atoms with Gasteiger partial charge < -0.3 is 11.1 Å². The van der Waals surface area contributed by atoms with Gasteiger partial charge in [-0.15, -0.1) is 0 Å². The number of benzene rings is 1. The molecule has 1 aromatic carbocycles. The summed E-state index contributed by atoms with van der Waals surface area (Å²) in [5.74, 6) is 0.0876. The molecule has 0 aliphatic carbocycles. The highest BCUT2D eigenvalue weighted by atomic mass is 16.1. The molecule has 1 atom stereocenters. The number of anilines is 1. The minimum absolute atomic E-state index is 0.0685. The summed E-state index contributed by atoms with van der Waals surface area (Å²) in [7, 11) is 0. The molecule has 0 fully saturated rings. The van der Waals surface area contributed by atoms with Crippen LogP contribution in [0.3, 0.4) is 0 Å². The average molecular weight is 262 g/mol. The molecule has 19 heavy (non-hydrogen) atoms. The van der Waals surface area contributed by atoms with E-state index in [1.54, 1.807) is 0 Å². The fraction of sp³-hybridized carbons (Fsp3) is 0.562. The normalized spacial score (nSPS) is 12.2. The van der Waals surface area contributed by atoms with Crippen LogP contribution in [0.1, 0.15) is 64.0 Å². The van der Waals surface area contributed by atoms with Crippen molar-refractivity contribution in [3.63, 3.8) is 0 Å². The Hall–Kier alpha value is -1.35. The minimum Gasteiger partial charge on any atom is -0.326 e. The Morgan fingerprint density at radius 2 is 1.89 bits per heavy atom. The van der Waals surface area contributed by atoms with Gasteiger partial charge in [0.25, 0.3) is 0 Å². The highest BCUT2D eigenvalue weighted by Gasteiger charge is 2.08. The predicted molar refractivity (Wildman–Crippen MR) is 81.1 cm³/mol. The van der Waals surface area contributed by atoms with Gasteiger partial charge in [0.1, 0.15) is 0 Å². The summed E-state index contributed by atoms with van der Waals surface area (Å²) in [6.45, 7) is 4.12. The van der Waals surface area contributed by atoms with Gasteiger partial charge >= 0.3 is 0 Å². The molecular weight excluding hydrogens is 236 g/mol. The molecule has 1 aromatic rings. The number of hydrogen-bond donors (Lipinski definition) is 2. The maximum Gasteiger partial charge on any atom is 0.224 e. The zero-order valence-corrected chi connectivity index (χ0v) is 12.1. The third-order valence-electron chi connectivity index (χ3n) is 3.23. The van der Waals surface area contributed by atoms with Gasteiger partial charge in [0.05, 0.1) is 0 Å². The van der Waals surface area contributed by atoms with Crippen molar-refractivity contribution in [2.45, 2.75) is 58.4 Å². The largest absolute Gasteiger partial charge is 0.326 e. The van der Waals surface area contributed by atoms with Crippen LogP contribution < -0.4 is 11.1 Å². The minimum atomic E-state index is -0.0685. The lowest BCUT2D eigenvalue weighted by atomic mass is 10.1. The number of nitrogens with two attached hydrogens (primary N) is 1. The van der Waals surface area contributed by atoms with Gasteiger partial charge in [0.15, 0.2) is 0 Å². The average Bonchev–Trinajstić information content (AvgIpc) is 2.39. The van der Waals surface area contributed by atoms with Crippen LogP contribution in [-0.2, 0) is 4.79 Å². The fourth-order valence-corrected chi connectivity index (χ4v) is 2.11. The molecule has 0 aliphatic heterocycles. The molecule has 0 heterocycles. The summed E-state index contributed by atoms with van der Waals surface area (Å²) in [6, 6.07) is 7.66. The highest BCUT2D eigenvalue weighted by Crippen LogP contribution is 2.21. The third kappa shape index (κ3) is 5.88. The smallest absolute Gasteiger partial charge is 0.224 e. The molecule has 3 nitrogen and oxygen atoms in total. The van der Waals surface area contributed by atoms with Gasteiger partial charge in [0, 0.05) is 18.2 Å². The van der Waals surface area contributed by atoms with E-state index < -0.39 is 0 Å². The van der Waals surface area contributed by atoms with Crippen molar-refractivity contribution in [1.82, 2.24) is 0 Å². The van der Waals surface area contributed by atoms with E-state index in [1.807, 2.05) is 31.2 Å². The lowest BCUT2D eigenvalue weighted by Gasteiger charge is -2.13. The fourth-order valence-electron chi connectivity index (χ4n) is 2.11. The van der Waals surface area contributed by atoms with E-state index in [0.717, 1.165) is 24.1 Å².